The zero-order valence-corrected chi connectivity index (χ0v) is 19.7. The van der Waals surface area contributed by atoms with Crippen LogP contribution in [0.5, 0.6) is 0 Å². The van der Waals surface area contributed by atoms with Crippen molar-refractivity contribution < 1.29 is 18.0 Å². The third-order valence-electron chi connectivity index (χ3n) is 6.44. The summed E-state index contributed by atoms with van der Waals surface area (Å²) in [6.45, 7) is 1.84. The molecule has 0 aliphatic carbocycles. The van der Waals surface area contributed by atoms with E-state index in [-0.39, 0.29) is 23.3 Å². The van der Waals surface area contributed by atoms with Gasteiger partial charge in [-0.15, -0.1) is 0 Å². The quantitative estimate of drug-likeness (QED) is 0.662. The van der Waals surface area contributed by atoms with Gasteiger partial charge in [-0.25, -0.2) is 8.42 Å². The molecule has 9 heteroatoms. The van der Waals surface area contributed by atoms with Crippen LogP contribution < -0.4 is 0 Å². The maximum atomic E-state index is 13.2. The number of halogens is 1. The number of carbonyl (C=O) groups excluding carboxylic acids is 2. The first kappa shape index (κ1) is 23.0. The van der Waals surface area contributed by atoms with Crippen LogP contribution >= 0.6 is 11.6 Å². The fourth-order valence-corrected chi connectivity index (χ4v) is 6.05. The van der Waals surface area contributed by atoms with Crippen molar-refractivity contribution in [2.24, 2.45) is 0 Å². The Labute approximate surface area is 194 Å². The first-order valence-electron chi connectivity index (χ1n) is 11.0. The van der Waals surface area contributed by atoms with E-state index in [9.17, 15) is 18.0 Å². The second kappa shape index (κ2) is 9.37. The van der Waals surface area contributed by atoms with Gasteiger partial charge in [-0.05, 0) is 54.3 Å². The fraction of sp³-hybridized carbons (Fsp3) is 0.478. The normalized spacial score (nSPS) is 20.2. The summed E-state index contributed by atoms with van der Waals surface area (Å²) < 4.78 is 27.6. The standard InChI is InChI=1S/C23H28ClN3O4S/c1-25(32(30,31)20-9-7-17-14-19(24)8-6-18(17)15-20)21-10-13-27(23(21)29)16-22(28)26-11-4-2-3-5-12-26/h6-9,14-15,21H,2-5,10-13,16H2,1H3/t21-/m0/s1. The van der Waals surface area contributed by atoms with Gasteiger partial charge in [-0.2, -0.15) is 4.31 Å². The minimum Gasteiger partial charge on any atom is -0.341 e. The average Bonchev–Trinajstić information content (AvgIpc) is 2.96. The molecule has 2 amide bonds. The maximum Gasteiger partial charge on any atom is 0.243 e. The molecule has 0 unspecified atom stereocenters. The molecular weight excluding hydrogens is 450 g/mol. The van der Waals surface area contributed by atoms with E-state index >= 15 is 0 Å². The van der Waals surface area contributed by atoms with E-state index in [1.165, 1.54) is 18.0 Å². The van der Waals surface area contributed by atoms with Gasteiger partial charge in [-0.3, -0.25) is 9.59 Å². The van der Waals surface area contributed by atoms with Gasteiger partial charge in [0.05, 0.1) is 11.4 Å². The molecule has 0 radical (unpaired) electrons. The summed E-state index contributed by atoms with van der Waals surface area (Å²) in [5.74, 6) is -0.369. The SMILES string of the molecule is CN([C@H]1CCN(CC(=O)N2CCCCCC2)C1=O)S(=O)(=O)c1ccc2cc(Cl)ccc2c1. The molecule has 2 heterocycles. The Bertz CT molecular complexity index is 1130. The van der Waals surface area contributed by atoms with E-state index in [1.54, 1.807) is 30.3 Å². The van der Waals surface area contributed by atoms with Crippen molar-refractivity contribution in [3.05, 3.63) is 41.4 Å². The highest BCUT2D eigenvalue weighted by molar-refractivity contribution is 7.89. The lowest BCUT2D eigenvalue weighted by Crippen LogP contribution is -2.46. The van der Waals surface area contributed by atoms with Crippen LogP contribution in [0.25, 0.3) is 10.8 Å². The molecule has 2 aliphatic rings. The minimum atomic E-state index is -3.88. The molecule has 0 spiro atoms. The van der Waals surface area contributed by atoms with Gasteiger partial charge in [0.1, 0.15) is 6.04 Å². The number of carbonyl (C=O) groups is 2. The topological polar surface area (TPSA) is 78.0 Å². The van der Waals surface area contributed by atoms with E-state index in [0.717, 1.165) is 53.9 Å². The van der Waals surface area contributed by atoms with E-state index in [1.807, 2.05) is 4.90 Å². The first-order valence-corrected chi connectivity index (χ1v) is 12.8. The first-order chi connectivity index (χ1) is 15.3. The van der Waals surface area contributed by atoms with Crippen molar-refractivity contribution in [2.45, 2.75) is 43.0 Å². The summed E-state index contributed by atoms with van der Waals surface area (Å²) in [5, 5.41) is 2.18. The number of rotatable bonds is 5. The molecule has 2 fully saturated rings. The average molecular weight is 478 g/mol. The number of amides is 2. The van der Waals surface area contributed by atoms with E-state index < -0.39 is 16.1 Å². The molecule has 32 heavy (non-hydrogen) atoms. The largest absolute Gasteiger partial charge is 0.341 e. The zero-order chi connectivity index (χ0) is 22.9. The highest BCUT2D eigenvalue weighted by Crippen LogP contribution is 2.27. The molecule has 2 aromatic rings. The van der Waals surface area contributed by atoms with Crippen molar-refractivity contribution in [3.63, 3.8) is 0 Å². The molecule has 7 nitrogen and oxygen atoms in total. The van der Waals surface area contributed by atoms with Crippen LogP contribution in [0.2, 0.25) is 5.02 Å². The number of hydrogen-bond acceptors (Lipinski definition) is 4. The smallest absolute Gasteiger partial charge is 0.243 e. The maximum absolute atomic E-state index is 13.2. The van der Waals surface area contributed by atoms with Crippen LogP contribution in [0.4, 0.5) is 0 Å². The molecule has 172 valence electrons. The van der Waals surface area contributed by atoms with Crippen LogP contribution in [0.3, 0.4) is 0 Å². The molecule has 0 bridgehead atoms. The summed E-state index contributed by atoms with van der Waals surface area (Å²) in [5.41, 5.74) is 0. The van der Waals surface area contributed by atoms with Gasteiger partial charge >= 0.3 is 0 Å². The number of hydrogen-bond donors (Lipinski definition) is 0. The summed E-state index contributed by atoms with van der Waals surface area (Å²) in [6.07, 6.45) is 4.59. The van der Waals surface area contributed by atoms with Gasteiger partial charge in [0.25, 0.3) is 0 Å². The van der Waals surface area contributed by atoms with Crippen LogP contribution in [0, 0.1) is 0 Å². The van der Waals surface area contributed by atoms with Crippen LogP contribution in [0.1, 0.15) is 32.1 Å². The third kappa shape index (κ3) is 4.63. The third-order valence-corrected chi connectivity index (χ3v) is 8.54. The summed E-state index contributed by atoms with van der Waals surface area (Å²) >= 11 is 6.01. The number of sulfonamides is 1. The van der Waals surface area contributed by atoms with Gasteiger partial charge in [0, 0.05) is 31.7 Å². The Kier molecular flexibility index (Phi) is 6.74. The Morgan fingerprint density at radius 2 is 1.69 bits per heavy atom. The van der Waals surface area contributed by atoms with Crippen LogP contribution in [0.15, 0.2) is 41.3 Å². The molecule has 0 saturated carbocycles. The Hall–Kier alpha value is -2.16. The van der Waals surface area contributed by atoms with Gasteiger partial charge in [-0.1, -0.05) is 36.6 Å². The van der Waals surface area contributed by atoms with E-state index in [2.05, 4.69) is 0 Å². The molecule has 0 aromatic heterocycles. The van der Waals surface area contributed by atoms with E-state index in [4.69, 9.17) is 11.6 Å². The molecule has 2 saturated heterocycles. The summed E-state index contributed by atoms with van der Waals surface area (Å²) in [4.78, 5) is 29.1. The molecule has 1 atom stereocenters. The molecule has 2 aliphatic heterocycles. The van der Waals surface area contributed by atoms with Crippen LogP contribution in [-0.2, 0) is 19.6 Å². The Balaban J connectivity index is 1.47. The zero-order valence-electron chi connectivity index (χ0n) is 18.2. The predicted octanol–water partition coefficient (Wildman–Crippen LogP) is 3.12. The van der Waals surface area contributed by atoms with Crippen molar-refractivity contribution in [2.75, 3.05) is 33.2 Å². The van der Waals surface area contributed by atoms with Gasteiger partial charge in [0.15, 0.2) is 0 Å². The number of nitrogens with zero attached hydrogens (tertiary/aromatic N) is 3. The molecule has 4 rings (SSSR count). The monoisotopic (exact) mass is 477 g/mol. The van der Waals surface area contributed by atoms with Crippen molar-refractivity contribution in [1.82, 2.24) is 14.1 Å². The lowest BCUT2D eigenvalue weighted by molar-refractivity contribution is -0.139. The highest BCUT2D eigenvalue weighted by Gasteiger charge is 2.40. The van der Waals surface area contributed by atoms with Crippen molar-refractivity contribution in [1.29, 1.82) is 0 Å². The molecule has 0 N–H and O–H groups in total. The number of benzene rings is 2. The van der Waals surface area contributed by atoms with Crippen LogP contribution in [-0.4, -0.2) is 73.6 Å². The Morgan fingerprint density at radius 1 is 1.03 bits per heavy atom. The number of likely N-dealkylation sites (tertiary alicyclic amines) is 2. The molecule has 2 aromatic carbocycles. The highest BCUT2D eigenvalue weighted by atomic mass is 35.5. The summed E-state index contributed by atoms with van der Waals surface area (Å²) in [7, 11) is -2.44. The predicted molar refractivity (Wildman–Crippen MR) is 124 cm³/mol. The fourth-order valence-electron chi connectivity index (χ4n) is 4.49. The number of fused-ring (bicyclic) bond motifs is 1. The van der Waals surface area contributed by atoms with Gasteiger partial charge < -0.3 is 9.80 Å². The second-order valence-electron chi connectivity index (χ2n) is 8.53. The summed E-state index contributed by atoms with van der Waals surface area (Å²) in [6, 6.07) is 9.29. The van der Waals surface area contributed by atoms with Gasteiger partial charge in [0.2, 0.25) is 21.8 Å². The number of likely N-dealkylation sites (N-methyl/N-ethyl adjacent to an activating group) is 1. The molecular formula is C23H28ClN3O4S. The minimum absolute atomic E-state index is 0.0138. The lowest BCUT2D eigenvalue weighted by Gasteiger charge is -2.25. The van der Waals surface area contributed by atoms with Crippen molar-refractivity contribution >= 4 is 44.2 Å². The van der Waals surface area contributed by atoms with E-state index in [0.29, 0.717) is 18.0 Å². The lowest BCUT2D eigenvalue weighted by atomic mass is 10.1. The van der Waals surface area contributed by atoms with Crippen molar-refractivity contribution in [3.8, 4) is 0 Å². The second-order valence-corrected chi connectivity index (χ2v) is 11.0. The Morgan fingerprint density at radius 3 is 2.41 bits per heavy atom.